The zero-order chi connectivity index (χ0) is 69.5. The molecule has 6 aromatic rings. The first kappa shape index (κ1) is 75.4. The number of anilines is 4. The monoisotopic (exact) mass is 1440 g/mol. The van der Waals surface area contributed by atoms with E-state index in [0.717, 1.165) is 95.9 Å². The van der Waals surface area contributed by atoms with Gasteiger partial charge in [0.1, 0.15) is 34.6 Å². The average Bonchev–Trinajstić information content (AvgIpc) is 0.949. The predicted octanol–water partition coefficient (Wildman–Crippen LogP) is 11.5. The highest BCUT2D eigenvalue weighted by Crippen LogP contribution is 2.30. The maximum atomic E-state index is 12.5. The molecule has 4 amide bonds. The third kappa shape index (κ3) is 26.9. The Morgan fingerprint density at radius 2 is 1.06 bits per heavy atom. The molecule has 0 unspecified atom stereocenters. The zero-order valence-corrected chi connectivity index (χ0v) is 58.9. The second-order valence-electron chi connectivity index (χ2n) is 25.6. The number of benzene rings is 1. The fraction of sp³-hybridized carbons (Fsp3) is 0.470. The van der Waals surface area contributed by atoms with Gasteiger partial charge in [0.05, 0.1) is 34.7 Å². The van der Waals surface area contributed by atoms with Crippen molar-refractivity contribution in [3.63, 3.8) is 0 Å². The Bertz CT molecular complexity index is 3420. The van der Waals surface area contributed by atoms with Crippen molar-refractivity contribution in [2.45, 2.75) is 111 Å². The summed E-state index contributed by atoms with van der Waals surface area (Å²) in [6, 6.07) is 25.6. The van der Waals surface area contributed by atoms with Gasteiger partial charge in [-0.2, -0.15) is 0 Å². The molecule has 5 aromatic heterocycles. The molecule has 0 aliphatic carbocycles. The number of aromatic nitrogens is 5. The van der Waals surface area contributed by atoms with Gasteiger partial charge in [0.15, 0.2) is 6.20 Å². The second-order valence-corrected chi connectivity index (χ2v) is 27.5. The summed E-state index contributed by atoms with van der Waals surface area (Å²) in [5, 5.41) is 26.8. The molecule has 4 aliphatic rings. The number of piperazine rings is 3. The molecule has 0 bridgehead atoms. The van der Waals surface area contributed by atoms with Crippen LogP contribution in [0.2, 0.25) is 0 Å². The number of amides is 4. The van der Waals surface area contributed by atoms with Crippen LogP contribution in [-0.2, 0) is 25.4 Å². The van der Waals surface area contributed by atoms with E-state index in [1.165, 1.54) is 18.3 Å². The maximum absolute atomic E-state index is 12.5. The van der Waals surface area contributed by atoms with E-state index in [-0.39, 0.29) is 48.2 Å². The van der Waals surface area contributed by atoms with Crippen LogP contribution in [0.1, 0.15) is 97.9 Å². The predicted molar refractivity (Wildman–Crippen MR) is 372 cm³/mol. The van der Waals surface area contributed by atoms with Crippen molar-refractivity contribution >= 4 is 90.9 Å². The Morgan fingerprint density at radius 1 is 0.579 bits per heavy atom. The molecular weight excluding hydrogens is 1350 g/mol. The van der Waals surface area contributed by atoms with Crippen molar-refractivity contribution < 1.29 is 43.2 Å². The number of halogens is 2. The van der Waals surface area contributed by atoms with E-state index >= 15 is 0 Å². The van der Waals surface area contributed by atoms with Gasteiger partial charge < -0.3 is 75.3 Å². The van der Waals surface area contributed by atoms with E-state index in [2.05, 4.69) is 81.4 Å². The van der Waals surface area contributed by atoms with E-state index < -0.39 is 26.6 Å². The van der Waals surface area contributed by atoms with Crippen LogP contribution < -0.4 is 26.2 Å². The molecule has 0 radical (unpaired) electrons. The van der Waals surface area contributed by atoms with E-state index in [4.69, 9.17) is 19.9 Å². The number of nitrogens with one attached hydrogen (secondary N) is 2. The summed E-state index contributed by atoms with van der Waals surface area (Å²) in [6.07, 6.45) is 9.34. The Kier molecular flexibility index (Phi) is 28.3. The molecule has 1 aromatic carbocycles. The third-order valence-electron chi connectivity index (χ3n) is 14.5. The van der Waals surface area contributed by atoms with E-state index in [1.807, 2.05) is 124 Å². The highest BCUT2D eigenvalue weighted by atomic mass is 79.9. The number of nitro groups is 2. The van der Waals surface area contributed by atoms with Crippen molar-refractivity contribution in [1.82, 2.24) is 48.9 Å². The van der Waals surface area contributed by atoms with Gasteiger partial charge in [0.25, 0.3) is 0 Å². The van der Waals surface area contributed by atoms with Crippen molar-refractivity contribution in [3.05, 3.63) is 157 Å². The molecular formula is C66H88Br2N16O11. The number of pyridine rings is 5. The van der Waals surface area contributed by atoms with Gasteiger partial charge in [-0.25, -0.2) is 28.3 Å². The lowest BCUT2D eigenvalue weighted by atomic mass is 9.91. The second kappa shape index (κ2) is 35.7. The molecule has 95 heavy (non-hydrogen) atoms. The highest BCUT2D eigenvalue weighted by molar-refractivity contribution is 9.10. The van der Waals surface area contributed by atoms with E-state index in [1.54, 1.807) is 57.7 Å². The minimum atomic E-state index is -0.535. The quantitative estimate of drug-likeness (QED) is 0.0524. The number of ether oxygens (including phenoxy) is 3. The summed E-state index contributed by atoms with van der Waals surface area (Å²) >= 11 is 6.49. The van der Waals surface area contributed by atoms with Crippen molar-refractivity contribution in [2.24, 2.45) is 0 Å². The molecule has 9 heterocycles. The minimum Gasteiger partial charge on any atom is -0.444 e. The number of carbonyl (C=O) groups excluding carboxylic acids is 4. The number of piperidine rings is 1. The molecule has 10 rings (SSSR count). The smallest absolute Gasteiger partial charge is 0.410 e. The lowest BCUT2D eigenvalue weighted by Gasteiger charge is -2.36. The molecule has 29 heteroatoms. The van der Waals surface area contributed by atoms with Crippen LogP contribution in [0.25, 0.3) is 11.1 Å². The molecule has 27 nitrogen and oxygen atoms in total. The summed E-state index contributed by atoms with van der Waals surface area (Å²) < 4.78 is 19.1. The summed E-state index contributed by atoms with van der Waals surface area (Å²) in [6.45, 7) is 29.9. The van der Waals surface area contributed by atoms with E-state index in [0.29, 0.717) is 64.0 Å². The highest BCUT2D eigenvalue weighted by Gasteiger charge is 2.30. The van der Waals surface area contributed by atoms with Crippen molar-refractivity contribution in [2.75, 3.05) is 112 Å². The molecule has 4 N–H and O–H groups in total. The maximum Gasteiger partial charge on any atom is 0.410 e. The van der Waals surface area contributed by atoms with Crippen LogP contribution in [0.15, 0.2) is 120 Å². The first-order chi connectivity index (χ1) is 44.9. The first-order valence-corrected chi connectivity index (χ1v) is 32.8. The topological polar surface area (TPSA) is 316 Å². The number of rotatable bonds is 9. The van der Waals surface area contributed by atoms with Gasteiger partial charge in [0, 0.05) is 132 Å². The van der Waals surface area contributed by atoms with Gasteiger partial charge in [-0.05, 0) is 195 Å². The number of nitrogens with zero attached hydrogens (tertiary/aromatic N) is 13. The molecule has 0 saturated carbocycles. The Morgan fingerprint density at radius 3 is 1.46 bits per heavy atom. The molecule has 0 spiro atoms. The van der Waals surface area contributed by atoms with Crippen LogP contribution >= 0.6 is 32.1 Å². The van der Waals surface area contributed by atoms with Crippen LogP contribution in [0.4, 0.5) is 49.0 Å². The Balaban J connectivity index is 0.000000208. The molecule has 0 atom stereocenters. The minimum absolute atomic E-state index is 0.117. The van der Waals surface area contributed by atoms with Gasteiger partial charge in [-0.1, -0.05) is 24.3 Å². The molecule has 4 saturated heterocycles. The normalized spacial score (nSPS) is 15.3. The van der Waals surface area contributed by atoms with Gasteiger partial charge in [-0.15, -0.1) is 0 Å². The molecule has 4 fully saturated rings. The average molecular weight is 1440 g/mol. The van der Waals surface area contributed by atoms with Crippen LogP contribution in [0.3, 0.4) is 0 Å². The van der Waals surface area contributed by atoms with Gasteiger partial charge >= 0.3 is 29.9 Å². The SMILES string of the molecule is BrN1CCNCC1.CC(C)(C)OC(=O)N1CCC(c2ccc([N+](=O)[O-])nc2)CC1.CC(C)(C)OC(=O)N1CCN(c2ccc(N)nc2)CC1.Cc1cc(-c2ccc(CC(=O)Nc3ccc(N4CCN(C(=O)OC(C)(C)C)CC4)cn3)cc2)ccn1.O=[N+]([O-])c1ccc(Br)cn1. The van der Waals surface area contributed by atoms with E-state index in [9.17, 15) is 39.4 Å². The lowest BCUT2D eigenvalue weighted by molar-refractivity contribution is -0.389. The van der Waals surface area contributed by atoms with Crippen LogP contribution in [0.5, 0.6) is 0 Å². The van der Waals surface area contributed by atoms with Crippen molar-refractivity contribution in [3.8, 4) is 11.1 Å². The number of carbonyl (C=O) groups is 4. The summed E-state index contributed by atoms with van der Waals surface area (Å²) in [4.78, 5) is 98.0. The van der Waals surface area contributed by atoms with Crippen LogP contribution in [0, 0.1) is 27.2 Å². The van der Waals surface area contributed by atoms with Gasteiger partial charge in [0.2, 0.25) is 5.91 Å². The van der Waals surface area contributed by atoms with Gasteiger partial charge in [-0.3, -0.25) is 9.78 Å². The Hall–Kier alpha value is -8.67. The van der Waals surface area contributed by atoms with Crippen molar-refractivity contribution in [1.29, 1.82) is 0 Å². The standard InChI is InChI=1S/C28H33N5O3.C15H21N3O4.C14H22N4O2.C5H3BrN2O2.C4H9BrN2/c1-20-17-23(11-12-29-20)22-7-5-21(6-8-22)18-26(34)31-25-10-9-24(19-30-25)32-13-15-33(16-14-32)27(35)36-28(2,3)4;1-15(2,3)22-14(19)17-8-6-11(7-9-17)12-4-5-13(16-10-12)18(20)21;1-14(2,3)20-13(19)18-8-6-17(7-9-18)11-4-5-12(15)16-10-11;6-4-1-2-5(7-3-4)8(9)10;5-7-3-1-6-2-4-7/h5-12,17,19H,13-16,18H2,1-4H3,(H,30,31,34);4-5,10-11H,6-9H2,1-3H3;4-5,10H,6-9H2,1-3H3,(H2,15,16);1-3H;6H,1-4H2. The summed E-state index contributed by atoms with van der Waals surface area (Å²) in [7, 11) is 0. The summed E-state index contributed by atoms with van der Waals surface area (Å²) in [5.41, 5.74) is 11.2. The number of hydrogen-bond donors (Lipinski definition) is 3. The largest absolute Gasteiger partial charge is 0.444 e. The summed E-state index contributed by atoms with van der Waals surface area (Å²) in [5.74, 6) is 0.903. The van der Waals surface area contributed by atoms with Crippen LogP contribution in [-0.4, -0.2) is 186 Å². The fourth-order valence-electron chi connectivity index (χ4n) is 9.67. The molecule has 4 aliphatic heterocycles. The first-order valence-electron chi connectivity index (χ1n) is 31.3. The molecule has 512 valence electrons. The lowest BCUT2D eigenvalue weighted by Crippen LogP contribution is -2.50. The fourth-order valence-corrected chi connectivity index (χ4v) is 10.3. The number of nitrogens with two attached hydrogens (primary N) is 1. The number of hydrogen-bond acceptors (Lipinski definition) is 21. The third-order valence-corrected chi connectivity index (χ3v) is 15.6. The zero-order valence-electron chi connectivity index (χ0n) is 55.7. The number of aryl methyl sites for hydroxylation is 1. The number of nitrogen functional groups attached to an aromatic ring is 1. The Labute approximate surface area is 572 Å². The number of likely N-dealkylation sites (tertiary alicyclic amines) is 1.